The zero-order valence-corrected chi connectivity index (χ0v) is 7.72. The lowest BCUT2D eigenvalue weighted by atomic mass is 9.97. The van der Waals surface area contributed by atoms with E-state index < -0.39 is 12.1 Å². The van der Waals surface area contributed by atoms with E-state index in [1.165, 1.54) is 4.90 Å². The lowest BCUT2D eigenvalue weighted by Crippen LogP contribution is -2.37. The molecule has 0 aromatic heterocycles. The maximum atomic E-state index is 10.5. The van der Waals surface area contributed by atoms with Gasteiger partial charge in [0.2, 0.25) is 0 Å². The molecule has 0 bridgehead atoms. The fourth-order valence-electron chi connectivity index (χ4n) is 1.50. The van der Waals surface area contributed by atoms with Crippen LogP contribution in [0.15, 0.2) is 12.2 Å². The summed E-state index contributed by atoms with van der Waals surface area (Å²) in [6.07, 6.45) is 3.28. The van der Waals surface area contributed by atoms with Gasteiger partial charge < -0.3 is 15.1 Å². The van der Waals surface area contributed by atoms with Crippen LogP contribution in [0.5, 0.6) is 0 Å². The number of likely N-dealkylation sites (tertiary alicyclic amines) is 1. The third kappa shape index (κ3) is 3.08. The first-order chi connectivity index (χ1) is 6.59. The Morgan fingerprint density at radius 2 is 1.79 bits per heavy atom. The first-order valence-electron chi connectivity index (χ1n) is 4.48. The molecule has 0 aromatic carbocycles. The van der Waals surface area contributed by atoms with Crippen molar-refractivity contribution in [2.45, 2.75) is 12.8 Å². The SMILES string of the molecule is O=C(O)C=CC1CCN(C(=O)O)CC1. The second-order valence-electron chi connectivity index (χ2n) is 3.30. The Hall–Kier alpha value is -1.52. The Morgan fingerprint density at radius 3 is 2.21 bits per heavy atom. The number of hydrogen-bond acceptors (Lipinski definition) is 2. The van der Waals surface area contributed by atoms with Gasteiger partial charge in [0.25, 0.3) is 0 Å². The number of carboxylic acid groups (broad SMARTS) is 2. The molecule has 0 unspecified atom stereocenters. The van der Waals surface area contributed by atoms with Crippen LogP contribution >= 0.6 is 0 Å². The van der Waals surface area contributed by atoms with Crippen LogP contribution in [-0.2, 0) is 4.79 Å². The number of hydrogen-bond donors (Lipinski definition) is 2. The third-order valence-corrected chi connectivity index (χ3v) is 2.32. The molecular formula is C9H13NO4. The van der Waals surface area contributed by atoms with Crippen molar-refractivity contribution in [2.75, 3.05) is 13.1 Å². The van der Waals surface area contributed by atoms with Crippen LogP contribution in [0.1, 0.15) is 12.8 Å². The topological polar surface area (TPSA) is 77.8 Å². The van der Waals surface area contributed by atoms with E-state index in [4.69, 9.17) is 10.2 Å². The molecule has 78 valence electrons. The van der Waals surface area contributed by atoms with Gasteiger partial charge in [-0.25, -0.2) is 9.59 Å². The largest absolute Gasteiger partial charge is 0.478 e. The van der Waals surface area contributed by atoms with Crippen LogP contribution in [0.2, 0.25) is 0 Å². The van der Waals surface area contributed by atoms with E-state index >= 15 is 0 Å². The predicted molar refractivity (Wildman–Crippen MR) is 49.1 cm³/mol. The van der Waals surface area contributed by atoms with Gasteiger partial charge in [0.15, 0.2) is 0 Å². The number of carbonyl (C=O) groups is 2. The highest BCUT2D eigenvalue weighted by atomic mass is 16.4. The van der Waals surface area contributed by atoms with Gasteiger partial charge in [0, 0.05) is 19.2 Å². The van der Waals surface area contributed by atoms with E-state index in [1.54, 1.807) is 6.08 Å². The van der Waals surface area contributed by atoms with Gasteiger partial charge in [-0.05, 0) is 18.8 Å². The van der Waals surface area contributed by atoms with Gasteiger partial charge in [0.05, 0.1) is 0 Å². The Balaban J connectivity index is 2.36. The van der Waals surface area contributed by atoms with Crippen molar-refractivity contribution in [1.82, 2.24) is 4.90 Å². The van der Waals surface area contributed by atoms with E-state index in [0.717, 1.165) is 6.08 Å². The number of piperidine rings is 1. The van der Waals surface area contributed by atoms with Crippen LogP contribution in [0, 0.1) is 5.92 Å². The van der Waals surface area contributed by atoms with Crippen molar-refractivity contribution in [3.8, 4) is 0 Å². The van der Waals surface area contributed by atoms with Gasteiger partial charge in [0.1, 0.15) is 0 Å². The van der Waals surface area contributed by atoms with Gasteiger partial charge in [-0.3, -0.25) is 0 Å². The quantitative estimate of drug-likeness (QED) is 0.651. The average Bonchev–Trinajstić information content (AvgIpc) is 2.15. The summed E-state index contributed by atoms with van der Waals surface area (Å²) in [5, 5.41) is 17.0. The molecular weight excluding hydrogens is 186 g/mol. The predicted octanol–water partition coefficient (Wildman–Crippen LogP) is 1.02. The van der Waals surface area contributed by atoms with E-state index in [1.807, 2.05) is 0 Å². The molecule has 1 aliphatic rings. The van der Waals surface area contributed by atoms with Gasteiger partial charge in [-0.2, -0.15) is 0 Å². The Kier molecular flexibility index (Phi) is 3.50. The molecule has 5 nitrogen and oxygen atoms in total. The summed E-state index contributed by atoms with van der Waals surface area (Å²) in [5.74, 6) is -0.757. The molecule has 2 N–H and O–H groups in total. The van der Waals surface area contributed by atoms with Crippen molar-refractivity contribution >= 4 is 12.1 Å². The first kappa shape index (κ1) is 10.6. The van der Waals surface area contributed by atoms with Crippen molar-refractivity contribution in [1.29, 1.82) is 0 Å². The maximum Gasteiger partial charge on any atom is 0.407 e. The minimum absolute atomic E-state index is 0.196. The van der Waals surface area contributed by atoms with Crippen LogP contribution < -0.4 is 0 Å². The summed E-state index contributed by atoms with van der Waals surface area (Å²) >= 11 is 0. The monoisotopic (exact) mass is 199 g/mol. The van der Waals surface area contributed by atoms with E-state index in [-0.39, 0.29) is 5.92 Å². The molecule has 1 fully saturated rings. The van der Waals surface area contributed by atoms with Crippen LogP contribution in [0.3, 0.4) is 0 Å². The standard InChI is InChI=1S/C9H13NO4/c11-8(12)2-1-7-3-5-10(6-4-7)9(13)14/h1-2,7H,3-6H2,(H,11,12)(H,13,14). The van der Waals surface area contributed by atoms with Gasteiger partial charge in [-0.1, -0.05) is 6.08 Å². The molecule has 1 aliphatic heterocycles. The molecule has 0 aliphatic carbocycles. The van der Waals surface area contributed by atoms with Crippen LogP contribution in [0.4, 0.5) is 4.79 Å². The zero-order valence-electron chi connectivity index (χ0n) is 7.72. The number of carboxylic acids is 1. The Bertz CT molecular complexity index is 254. The second-order valence-corrected chi connectivity index (χ2v) is 3.30. The van der Waals surface area contributed by atoms with E-state index in [9.17, 15) is 9.59 Å². The maximum absolute atomic E-state index is 10.5. The number of rotatable bonds is 2. The number of aliphatic carboxylic acids is 1. The van der Waals surface area contributed by atoms with Crippen molar-refractivity contribution < 1.29 is 19.8 Å². The molecule has 0 atom stereocenters. The van der Waals surface area contributed by atoms with Crippen LogP contribution in [0.25, 0.3) is 0 Å². The fraction of sp³-hybridized carbons (Fsp3) is 0.556. The minimum atomic E-state index is -0.953. The molecule has 14 heavy (non-hydrogen) atoms. The van der Waals surface area contributed by atoms with Crippen molar-refractivity contribution in [2.24, 2.45) is 5.92 Å². The summed E-state index contributed by atoms with van der Waals surface area (Å²) in [6.45, 7) is 0.980. The highest BCUT2D eigenvalue weighted by Gasteiger charge is 2.20. The number of nitrogens with zero attached hydrogens (tertiary/aromatic N) is 1. The molecule has 0 saturated carbocycles. The van der Waals surface area contributed by atoms with Crippen molar-refractivity contribution in [3.63, 3.8) is 0 Å². The summed E-state index contributed by atoms with van der Waals surface area (Å²) in [7, 11) is 0. The normalized spacial score (nSPS) is 18.7. The molecule has 1 rings (SSSR count). The average molecular weight is 199 g/mol. The molecule has 0 spiro atoms. The molecule has 1 amide bonds. The summed E-state index contributed by atoms with van der Waals surface area (Å²) in [4.78, 5) is 22.1. The lowest BCUT2D eigenvalue weighted by molar-refractivity contribution is -0.131. The molecule has 1 saturated heterocycles. The smallest absolute Gasteiger partial charge is 0.407 e. The van der Waals surface area contributed by atoms with Gasteiger partial charge >= 0.3 is 12.1 Å². The summed E-state index contributed by atoms with van der Waals surface area (Å²) in [5.41, 5.74) is 0. The number of allylic oxidation sites excluding steroid dienone is 1. The third-order valence-electron chi connectivity index (χ3n) is 2.32. The highest BCUT2D eigenvalue weighted by Crippen LogP contribution is 2.18. The van der Waals surface area contributed by atoms with Crippen LogP contribution in [-0.4, -0.2) is 40.3 Å². The highest BCUT2D eigenvalue weighted by molar-refractivity contribution is 5.79. The number of amides is 1. The fourth-order valence-corrected chi connectivity index (χ4v) is 1.50. The molecule has 5 heteroatoms. The van der Waals surface area contributed by atoms with Crippen molar-refractivity contribution in [3.05, 3.63) is 12.2 Å². The van der Waals surface area contributed by atoms with E-state index in [2.05, 4.69) is 0 Å². The zero-order chi connectivity index (χ0) is 10.6. The Morgan fingerprint density at radius 1 is 1.21 bits per heavy atom. The summed E-state index contributed by atoms with van der Waals surface area (Å²) in [6, 6.07) is 0. The first-order valence-corrected chi connectivity index (χ1v) is 4.48. The minimum Gasteiger partial charge on any atom is -0.478 e. The molecule has 0 aromatic rings. The Labute approximate surface area is 81.6 Å². The van der Waals surface area contributed by atoms with Gasteiger partial charge in [-0.15, -0.1) is 0 Å². The second kappa shape index (κ2) is 4.64. The molecule has 1 heterocycles. The summed E-state index contributed by atoms with van der Waals surface area (Å²) < 4.78 is 0. The lowest BCUT2D eigenvalue weighted by Gasteiger charge is -2.28. The molecule has 0 radical (unpaired) electrons. The van der Waals surface area contributed by atoms with E-state index in [0.29, 0.717) is 25.9 Å².